The van der Waals surface area contributed by atoms with Gasteiger partial charge >= 0.3 is 0 Å². The fourth-order valence-electron chi connectivity index (χ4n) is 4.47. The highest BCUT2D eigenvalue weighted by Gasteiger charge is 2.45. The van der Waals surface area contributed by atoms with Gasteiger partial charge in [0.2, 0.25) is 5.91 Å². The minimum atomic E-state index is -0.143. The van der Waals surface area contributed by atoms with Gasteiger partial charge in [0.1, 0.15) is 11.5 Å². The first-order valence-corrected chi connectivity index (χ1v) is 10.3. The van der Waals surface area contributed by atoms with Gasteiger partial charge in [-0.2, -0.15) is 5.26 Å². The van der Waals surface area contributed by atoms with Crippen LogP contribution in [-0.4, -0.2) is 52.6 Å². The van der Waals surface area contributed by atoms with Crippen LogP contribution in [0.25, 0.3) is 16.6 Å². The number of aromatic amines is 1. The van der Waals surface area contributed by atoms with E-state index in [-0.39, 0.29) is 17.4 Å². The molecule has 0 bridgehead atoms. The van der Waals surface area contributed by atoms with Gasteiger partial charge in [-0.15, -0.1) is 0 Å². The van der Waals surface area contributed by atoms with Crippen LogP contribution in [0.5, 0.6) is 0 Å². The molecule has 1 atom stereocenters. The smallest absolute Gasteiger partial charge is 0.228 e. The Hall–Kier alpha value is -2.69. The predicted octanol–water partition coefficient (Wildman–Crippen LogP) is 2.93. The highest BCUT2D eigenvalue weighted by atomic mass is 16.5. The van der Waals surface area contributed by atoms with Crippen molar-refractivity contribution in [3.05, 3.63) is 30.0 Å². The van der Waals surface area contributed by atoms with Crippen LogP contribution in [0.1, 0.15) is 31.7 Å². The summed E-state index contributed by atoms with van der Waals surface area (Å²) >= 11 is 0. The molecule has 29 heavy (non-hydrogen) atoms. The van der Waals surface area contributed by atoms with Crippen LogP contribution in [0.2, 0.25) is 0 Å². The van der Waals surface area contributed by atoms with Crippen molar-refractivity contribution in [3.8, 4) is 6.07 Å². The van der Waals surface area contributed by atoms with Crippen molar-refractivity contribution in [2.75, 3.05) is 31.6 Å². The number of rotatable bonds is 5. The van der Waals surface area contributed by atoms with Crippen LogP contribution in [-0.2, 0) is 9.53 Å². The first kappa shape index (κ1) is 18.3. The van der Waals surface area contributed by atoms with E-state index in [4.69, 9.17) is 4.74 Å². The second kappa shape index (κ2) is 6.97. The van der Waals surface area contributed by atoms with Crippen LogP contribution in [0.4, 0.5) is 5.82 Å². The number of ether oxygens (including phenoxy) is 1. The normalized spacial score (nSPS) is 23.9. The van der Waals surface area contributed by atoms with E-state index in [0.717, 1.165) is 42.5 Å². The number of nitrogens with zero attached hydrogens (tertiary/aromatic N) is 3. The molecule has 1 saturated heterocycles. The standard InChI is InChI=1S/C22H25N5O2/c1-14-11-27(22(6-7-23)12-29-13-22)9-5-16(14)18-10-19(26-21(28)15-2-3-15)25-20-17(18)4-8-24-20/h4-5,8,10,14-15H,2-3,6,9,11-13H2,1H3,(H2,24,25,26,28). The minimum absolute atomic E-state index is 0.0645. The second-order valence-corrected chi connectivity index (χ2v) is 8.58. The summed E-state index contributed by atoms with van der Waals surface area (Å²) in [5, 5.41) is 13.3. The van der Waals surface area contributed by atoms with Crippen molar-refractivity contribution in [2.24, 2.45) is 11.8 Å². The predicted molar refractivity (Wildman–Crippen MR) is 110 cm³/mol. The zero-order valence-corrected chi connectivity index (χ0v) is 16.6. The molecule has 0 aromatic carbocycles. The first-order valence-electron chi connectivity index (χ1n) is 10.3. The zero-order valence-electron chi connectivity index (χ0n) is 16.6. The molecule has 2 aromatic heterocycles. The van der Waals surface area contributed by atoms with Gasteiger partial charge in [-0.1, -0.05) is 13.0 Å². The number of H-pyrrole nitrogens is 1. The molecule has 1 amide bonds. The van der Waals surface area contributed by atoms with E-state index < -0.39 is 0 Å². The van der Waals surface area contributed by atoms with Gasteiger partial charge in [0, 0.05) is 30.6 Å². The number of aromatic nitrogens is 2. The fraction of sp³-hybridized carbons (Fsp3) is 0.500. The molecule has 2 fully saturated rings. The molecule has 7 heteroatoms. The average Bonchev–Trinajstić information content (AvgIpc) is 3.42. The maximum absolute atomic E-state index is 12.2. The number of hydrogen-bond donors (Lipinski definition) is 2. The van der Waals surface area contributed by atoms with Gasteiger partial charge in [-0.05, 0) is 42.0 Å². The lowest BCUT2D eigenvalue weighted by molar-refractivity contribution is -0.137. The van der Waals surface area contributed by atoms with Gasteiger partial charge < -0.3 is 15.0 Å². The Morgan fingerprint density at radius 1 is 1.48 bits per heavy atom. The highest BCUT2D eigenvalue weighted by molar-refractivity contribution is 5.97. The van der Waals surface area contributed by atoms with Gasteiger partial charge in [0.05, 0.1) is 31.2 Å². The van der Waals surface area contributed by atoms with E-state index in [2.05, 4.69) is 39.3 Å². The molecule has 0 spiro atoms. The molecule has 2 aromatic rings. The lowest BCUT2D eigenvalue weighted by Crippen LogP contribution is -2.63. The number of anilines is 1. The van der Waals surface area contributed by atoms with Crippen LogP contribution in [0.15, 0.2) is 24.4 Å². The number of pyridine rings is 1. The van der Waals surface area contributed by atoms with E-state index in [1.54, 1.807) is 0 Å². The van der Waals surface area contributed by atoms with E-state index in [1.165, 1.54) is 5.57 Å². The summed E-state index contributed by atoms with van der Waals surface area (Å²) < 4.78 is 5.45. The molecule has 1 unspecified atom stereocenters. The summed E-state index contributed by atoms with van der Waals surface area (Å²) in [7, 11) is 0. The summed E-state index contributed by atoms with van der Waals surface area (Å²) in [5.41, 5.74) is 3.03. The average molecular weight is 391 g/mol. The van der Waals surface area contributed by atoms with E-state index in [0.29, 0.717) is 31.4 Å². The molecule has 7 nitrogen and oxygen atoms in total. The molecule has 3 aliphatic rings. The number of carbonyl (C=O) groups excluding carboxylic acids is 1. The number of nitrogens with one attached hydrogen (secondary N) is 2. The third kappa shape index (κ3) is 3.22. The van der Waals surface area contributed by atoms with Crippen LogP contribution in [0, 0.1) is 23.2 Å². The molecule has 4 heterocycles. The highest BCUT2D eigenvalue weighted by Crippen LogP contribution is 2.38. The van der Waals surface area contributed by atoms with Gasteiger partial charge in [0.25, 0.3) is 0 Å². The summed E-state index contributed by atoms with van der Waals surface area (Å²) in [4.78, 5) is 22.4. The van der Waals surface area contributed by atoms with Gasteiger partial charge in [0.15, 0.2) is 0 Å². The SMILES string of the molecule is CC1CN(C2(CC#N)COC2)CC=C1c1cc(NC(=O)C2CC2)nc2[nH]ccc12. The Morgan fingerprint density at radius 3 is 2.97 bits per heavy atom. The van der Waals surface area contributed by atoms with E-state index in [1.807, 2.05) is 18.3 Å². The van der Waals surface area contributed by atoms with E-state index >= 15 is 0 Å². The van der Waals surface area contributed by atoms with Crippen molar-refractivity contribution in [1.82, 2.24) is 14.9 Å². The Labute approximate surface area is 169 Å². The first-order chi connectivity index (χ1) is 14.1. The number of hydrogen-bond acceptors (Lipinski definition) is 5. The maximum Gasteiger partial charge on any atom is 0.228 e. The number of amides is 1. The second-order valence-electron chi connectivity index (χ2n) is 8.58. The monoisotopic (exact) mass is 391 g/mol. The molecule has 2 N–H and O–H groups in total. The lowest BCUT2D eigenvalue weighted by atomic mass is 9.84. The third-order valence-corrected chi connectivity index (χ3v) is 6.42. The lowest BCUT2D eigenvalue weighted by Gasteiger charge is -2.50. The number of nitriles is 1. The molecule has 1 saturated carbocycles. The van der Waals surface area contributed by atoms with E-state index in [9.17, 15) is 10.1 Å². The molecule has 1 aliphatic carbocycles. The summed E-state index contributed by atoms with van der Waals surface area (Å²) in [6.07, 6.45) is 6.59. The Morgan fingerprint density at radius 2 is 2.31 bits per heavy atom. The van der Waals surface area contributed by atoms with Gasteiger partial charge in [-0.3, -0.25) is 9.69 Å². The maximum atomic E-state index is 12.2. The molecular formula is C22H25N5O2. The molecule has 0 radical (unpaired) electrons. The fourth-order valence-corrected chi connectivity index (χ4v) is 4.47. The van der Waals surface area contributed by atoms with Crippen LogP contribution >= 0.6 is 0 Å². The summed E-state index contributed by atoms with van der Waals surface area (Å²) in [5.74, 6) is 1.11. The Bertz CT molecular complexity index is 1030. The Balaban J connectivity index is 1.46. The van der Waals surface area contributed by atoms with Crippen molar-refractivity contribution in [1.29, 1.82) is 5.26 Å². The largest absolute Gasteiger partial charge is 0.377 e. The molecule has 5 rings (SSSR count). The van der Waals surface area contributed by atoms with Crippen molar-refractivity contribution >= 4 is 28.3 Å². The van der Waals surface area contributed by atoms with Crippen molar-refractivity contribution < 1.29 is 9.53 Å². The zero-order chi connectivity index (χ0) is 20.0. The van der Waals surface area contributed by atoms with Gasteiger partial charge in [-0.25, -0.2) is 4.98 Å². The van der Waals surface area contributed by atoms with Crippen LogP contribution < -0.4 is 5.32 Å². The summed E-state index contributed by atoms with van der Waals surface area (Å²) in [6, 6.07) is 6.38. The minimum Gasteiger partial charge on any atom is -0.377 e. The topological polar surface area (TPSA) is 94.0 Å². The van der Waals surface area contributed by atoms with Crippen molar-refractivity contribution in [2.45, 2.75) is 31.7 Å². The Kier molecular flexibility index (Phi) is 4.41. The number of carbonyl (C=O) groups is 1. The molecular weight excluding hydrogens is 366 g/mol. The quantitative estimate of drug-likeness (QED) is 0.817. The van der Waals surface area contributed by atoms with Crippen LogP contribution in [0.3, 0.4) is 0 Å². The molecule has 150 valence electrons. The molecule has 2 aliphatic heterocycles. The number of fused-ring (bicyclic) bond motifs is 1. The third-order valence-electron chi connectivity index (χ3n) is 6.42. The van der Waals surface area contributed by atoms with Crippen molar-refractivity contribution in [3.63, 3.8) is 0 Å². The summed E-state index contributed by atoms with van der Waals surface area (Å²) in [6.45, 7) is 5.16.